The highest BCUT2D eigenvalue weighted by Gasteiger charge is 2.58. The number of hydrogen-bond acceptors (Lipinski definition) is 7. The summed E-state index contributed by atoms with van der Waals surface area (Å²) >= 11 is 0. The van der Waals surface area contributed by atoms with Crippen molar-refractivity contribution in [2.24, 2.45) is 17.3 Å². The van der Waals surface area contributed by atoms with E-state index in [1.807, 2.05) is 19.1 Å². The van der Waals surface area contributed by atoms with E-state index < -0.39 is 17.2 Å². The first-order valence-corrected chi connectivity index (χ1v) is 11.0. The maximum Gasteiger partial charge on any atom is 0.293 e. The van der Waals surface area contributed by atoms with Crippen molar-refractivity contribution in [3.63, 3.8) is 0 Å². The van der Waals surface area contributed by atoms with Crippen LogP contribution < -0.4 is 10.1 Å². The van der Waals surface area contributed by atoms with Gasteiger partial charge in [0.15, 0.2) is 6.39 Å². The summed E-state index contributed by atoms with van der Waals surface area (Å²) in [6.45, 7) is 6.75. The van der Waals surface area contributed by atoms with Crippen LogP contribution in [-0.4, -0.2) is 45.7 Å². The van der Waals surface area contributed by atoms with Gasteiger partial charge >= 0.3 is 0 Å². The number of hydrogen-bond donors (Lipinski definition) is 2. The molecule has 2 aromatic heterocycles. The Morgan fingerprint density at radius 1 is 1.48 bits per heavy atom. The van der Waals surface area contributed by atoms with E-state index in [-0.39, 0.29) is 30.1 Å². The lowest BCUT2D eigenvalue weighted by atomic mass is 9.68. The predicted molar refractivity (Wildman–Crippen MR) is 119 cm³/mol. The van der Waals surface area contributed by atoms with Crippen LogP contribution in [0, 0.1) is 22.7 Å². The van der Waals surface area contributed by atoms with Crippen molar-refractivity contribution >= 4 is 23.7 Å². The molecule has 0 bridgehead atoms. The summed E-state index contributed by atoms with van der Waals surface area (Å²) in [6.07, 6.45) is 11.9. The molecule has 0 radical (unpaired) electrons. The van der Waals surface area contributed by atoms with Crippen molar-refractivity contribution in [1.29, 1.82) is 5.41 Å². The van der Waals surface area contributed by atoms with E-state index in [4.69, 9.17) is 14.6 Å². The third-order valence-corrected chi connectivity index (χ3v) is 6.70. The number of oxazole rings is 1. The molecule has 9 heteroatoms. The van der Waals surface area contributed by atoms with Crippen molar-refractivity contribution in [3.05, 3.63) is 60.5 Å². The molecule has 3 unspecified atom stereocenters. The molecular weight excluding hydrogens is 422 g/mol. The van der Waals surface area contributed by atoms with E-state index in [0.717, 1.165) is 17.5 Å². The topological polar surface area (TPSA) is 121 Å². The summed E-state index contributed by atoms with van der Waals surface area (Å²) in [7, 11) is 0. The molecule has 1 saturated heterocycles. The van der Waals surface area contributed by atoms with E-state index in [0.29, 0.717) is 18.4 Å². The largest absolute Gasteiger partial charge is 0.477 e. The van der Waals surface area contributed by atoms with Crippen molar-refractivity contribution < 1.29 is 18.7 Å². The number of rotatable bonds is 8. The summed E-state index contributed by atoms with van der Waals surface area (Å²) in [4.78, 5) is 35.4. The summed E-state index contributed by atoms with van der Waals surface area (Å²) in [6, 6.07) is 1.67. The van der Waals surface area contributed by atoms with Crippen LogP contribution in [0.5, 0.6) is 5.88 Å². The maximum absolute atomic E-state index is 13.2. The second kappa shape index (κ2) is 7.99. The van der Waals surface area contributed by atoms with E-state index >= 15 is 0 Å². The molecule has 33 heavy (non-hydrogen) atoms. The molecule has 2 N–H and O–H groups in total. The summed E-state index contributed by atoms with van der Waals surface area (Å²) in [5.74, 6) is 0.00518. The van der Waals surface area contributed by atoms with E-state index in [2.05, 4.69) is 21.9 Å². The molecule has 170 valence electrons. The third kappa shape index (κ3) is 3.63. The van der Waals surface area contributed by atoms with Gasteiger partial charge in [-0.1, -0.05) is 24.8 Å². The molecule has 2 aliphatic carbocycles. The summed E-state index contributed by atoms with van der Waals surface area (Å²) in [5, 5.41) is 11.1. The lowest BCUT2D eigenvalue weighted by Gasteiger charge is -2.36. The van der Waals surface area contributed by atoms with Gasteiger partial charge in [0.05, 0.1) is 30.2 Å². The number of likely N-dealkylation sites (tertiary alicyclic amines) is 1. The molecule has 2 fully saturated rings. The molecule has 1 aliphatic heterocycles. The molecule has 3 heterocycles. The number of aromatic nitrogens is 2. The SMILES string of the molecule is C=Cc1cc(C(C)N2CC3(C(=N)NC(=O)c4cnco4)C=CC3C2=O)cnc1OCC1CC1. The number of nitrogens with one attached hydrogen (secondary N) is 2. The molecule has 2 aromatic rings. The van der Waals surface area contributed by atoms with Gasteiger partial charge in [-0.3, -0.25) is 15.0 Å². The van der Waals surface area contributed by atoms with E-state index in [9.17, 15) is 9.59 Å². The van der Waals surface area contributed by atoms with Crippen LogP contribution in [0.1, 0.15) is 47.5 Å². The Bertz CT molecular complexity index is 1150. The number of nitrogens with zero attached hydrogens (tertiary/aromatic N) is 3. The Morgan fingerprint density at radius 2 is 2.30 bits per heavy atom. The minimum atomic E-state index is -0.872. The predicted octanol–water partition coefficient (Wildman–Crippen LogP) is 2.98. The Kier molecular flexibility index (Phi) is 5.11. The summed E-state index contributed by atoms with van der Waals surface area (Å²) < 4.78 is 10.8. The maximum atomic E-state index is 13.2. The fourth-order valence-corrected chi connectivity index (χ4v) is 4.32. The smallest absolute Gasteiger partial charge is 0.293 e. The molecule has 3 atom stereocenters. The third-order valence-electron chi connectivity index (χ3n) is 6.70. The first kappa shape index (κ1) is 21.1. The van der Waals surface area contributed by atoms with E-state index in [1.165, 1.54) is 19.0 Å². The standard InChI is InChI=1S/C24H25N5O4/c1-3-16-8-17(9-27-21(16)32-11-15-4-5-15)14(2)29-12-24(7-6-18(24)22(29)31)23(25)28-20(30)19-10-26-13-33-19/h3,6-10,13-15,18H,1,4-5,11-12H2,2H3,(H2,25,28,30). The Hall–Kier alpha value is -3.75. The summed E-state index contributed by atoms with van der Waals surface area (Å²) in [5.41, 5.74) is 0.767. The van der Waals surface area contributed by atoms with Crippen molar-refractivity contribution in [3.8, 4) is 5.88 Å². The lowest BCUT2D eigenvalue weighted by molar-refractivity contribution is -0.132. The van der Waals surface area contributed by atoms with Gasteiger partial charge in [0.1, 0.15) is 5.84 Å². The van der Waals surface area contributed by atoms with Gasteiger partial charge in [-0.25, -0.2) is 9.97 Å². The number of amides is 2. The van der Waals surface area contributed by atoms with Gasteiger partial charge in [0, 0.05) is 18.3 Å². The van der Waals surface area contributed by atoms with Crippen molar-refractivity contribution in [1.82, 2.24) is 20.2 Å². The fraction of sp³-hybridized carbons (Fsp3) is 0.375. The zero-order chi connectivity index (χ0) is 23.2. The molecule has 5 rings (SSSR count). The van der Waals surface area contributed by atoms with Gasteiger partial charge in [0.25, 0.3) is 5.91 Å². The Morgan fingerprint density at radius 3 is 2.94 bits per heavy atom. The molecule has 2 amide bonds. The first-order chi connectivity index (χ1) is 15.9. The van der Waals surface area contributed by atoms with Crippen LogP contribution in [0.2, 0.25) is 0 Å². The quantitative estimate of drug-likeness (QED) is 0.365. The van der Waals surface area contributed by atoms with Crippen molar-refractivity contribution in [2.75, 3.05) is 13.2 Å². The van der Waals surface area contributed by atoms with Gasteiger partial charge in [-0.05, 0) is 37.3 Å². The Labute approximate surface area is 191 Å². The van der Waals surface area contributed by atoms with Crippen molar-refractivity contribution in [2.45, 2.75) is 25.8 Å². The number of ether oxygens (including phenoxy) is 1. The van der Waals surface area contributed by atoms with Gasteiger partial charge < -0.3 is 19.4 Å². The van der Waals surface area contributed by atoms with Crippen LogP contribution in [0.25, 0.3) is 6.08 Å². The monoisotopic (exact) mass is 447 g/mol. The molecule has 3 aliphatic rings. The van der Waals surface area contributed by atoms with Crippen LogP contribution in [0.4, 0.5) is 0 Å². The number of pyridine rings is 1. The fourth-order valence-electron chi connectivity index (χ4n) is 4.32. The van der Waals surface area contributed by atoms with Crippen LogP contribution >= 0.6 is 0 Å². The molecule has 0 spiro atoms. The highest BCUT2D eigenvalue weighted by molar-refractivity contribution is 6.10. The molecular formula is C24H25N5O4. The zero-order valence-electron chi connectivity index (χ0n) is 18.3. The average molecular weight is 447 g/mol. The number of carbonyl (C=O) groups is 2. The Balaban J connectivity index is 1.32. The molecule has 1 saturated carbocycles. The average Bonchev–Trinajstić information content (AvgIpc) is 3.40. The second-order valence-electron chi connectivity index (χ2n) is 8.84. The van der Waals surface area contributed by atoms with Gasteiger partial charge in [-0.2, -0.15) is 0 Å². The van der Waals surface area contributed by atoms with E-state index in [1.54, 1.807) is 23.2 Å². The minimum Gasteiger partial charge on any atom is -0.477 e. The van der Waals surface area contributed by atoms with Crippen LogP contribution in [0.15, 0.2) is 48.0 Å². The molecule has 0 aromatic carbocycles. The highest BCUT2D eigenvalue weighted by atomic mass is 16.5. The first-order valence-electron chi connectivity index (χ1n) is 11.0. The number of fused-ring (bicyclic) bond motifs is 1. The number of carbonyl (C=O) groups excluding carboxylic acids is 2. The zero-order valence-corrected chi connectivity index (χ0v) is 18.3. The van der Waals surface area contributed by atoms with Crippen LogP contribution in [-0.2, 0) is 4.79 Å². The second-order valence-corrected chi connectivity index (χ2v) is 8.84. The molecule has 9 nitrogen and oxygen atoms in total. The normalized spacial score (nSPS) is 24.1. The number of amidine groups is 1. The van der Waals surface area contributed by atoms with Crippen LogP contribution in [0.3, 0.4) is 0 Å². The highest BCUT2D eigenvalue weighted by Crippen LogP contribution is 2.49. The van der Waals surface area contributed by atoms with Gasteiger partial charge in [-0.15, -0.1) is 0 Å². The minimum absolute atomic E-state index is 0.0116. The lowest BCUT2D eigenvalue weighted by Crippen LogP contribution is -2.50. The van der Waals surface area contributed by atoms with Gasteiger partial charge in [0.2, 0.25) is 17.5 Å².